The lowest BCUT2D eigenvalue weighted by Crippen LogP contribution is -2.29. The molecule has 1 aliphatic rings. The monoisotopic (exact) mass is 444 g/mol. The van der Waals surface area contributed by atoms with E-state index in [2.05, 4.69) is 20.3 Å². The molecule has 164 valence electrons. The van der Waals surface area contributed by atoms with Crippen LogP contribution in [-0.2, 0) is 7.05 Å². The average molecular weight is 445 g/mol. The number of halogens is 1. The Labute approximate surface area is 183 Å². The van der Waals surface area contributed by atoms with Gasteiger partial charge < -0.3 is 27.4 Å². The molecular formula is C20H25FN8OS. The Kier molecular flexibility index (Phi) is 5.79. The van der Waals surface area contributed by atoms with Crippen LogP contribution in [0.4, 0.5) is 26.6 Å². The van der Waals surface area contributed by atoms with Crippen LogP contribution in [-0.4, -0.2) is 39.8 Å². The Balaban J connectivity index is 1.59. The number of anilines is 4. The van der Waals surface area contributed by atoms with Gasteiger partial charge in [0.25, 0.3) is 5.91 Å². The number of amides is 1. The molecular weight excluding hydrogens is 419 g/mol. The summed E-state index contributed by atoms with van der Waals surface area (Å²) in [6, 6.07) is 4.37. The van der Waals surface area contributed by atoms with Gasteiger partial charge in [0.2, 0.25) is 0 Å². The molecule has 1 aliphatic heterocycles. The number of benzene rings is 1. The molecule has 2 aromatic heterocycles. The summed E-state index contributed by atoms with van der Waals surface area (Å²) in [5.41, 5.74) is 19.1. The van der Waals surface area contributed by atoms with E-state index in [0.717, 1.165) is 49.5 Å². The highest BCUT2D eigenvalue weighted by Crippen LogP contribution is 2.34. The Hall–Kier alpha value is -3.18. The van der Waals surface area contributed by atoms with Crippen LogP contribution < -0.4 is 27.4 Å². The van der Waals surface area contributed by atoms with Gasteiger partial charge in [-0.3, -0.25) is 9.48 Å². The lowest BCUT2D eigenvalue weighted by Gasteiger charge is -2.24. The van der Waals surface area contributed by atoms with Crippen molar-refractivity contribution in [3.63, 3.8) is 0 Å². The summed E-state index contributed by atoms with van der Waals surface area (Å²) >= 11 is 1.03. The van der Waals surface area contributed by atoms with Crippen LogP contribution in [0.3, 0.4) is 0 Å². The summed E-state index contributed by atoms with van der Waals surface area (Å²) in [4.78, 5) is 19.4. The molecule has 31 heavy (non-hydrogen) atoms. The molecule has 3 heterocycles. The van der Waals surface area contributed by atoms with Crippen LogP contribution in [0.1, 0.15) is 29.8 Å². The highest BCUT2D eigenvalue weighted by Gasteiger charge is 2.24. The second-order valence-corrected chi connectivity index (χ2v) is 8.64. The molecule has 1 atom stereocenters. The maximum atomic E-state index is 14.2. The van der Waals surface area contributed by atoms with E-state index in [-0.39, 0.29) is 22.3 Å². The molecule has 0 spiro atoms. The zero-order valence-electron chi connectivity index (χ0n) is 17.1. The number of carbonyl (C=O) groups excluding carboxylic acids is 1. The number of nitrogens with zero attached hydrogens (tertiary/aromatic N) is 4. The molecule has 1 amide bonds. The highest BCUT2D eigenvalue weighted by molar-refractivity contribution is 7.19. The Morgan fingerprint density at radius 1 is 1.29 bits per heavy atom. The molecule has 0 bridgehead atoms. The van der Waals surface area contributed by atoms with Gasteiger partial charge in [-0.1, -0.05) is 11.3 Å². The van der Waals surface area contributed by atoms with Gasteiger partial charge in [0.05, 0.1) is 6.20 Å². The molecule has 9 nitrogen and oxygen atoms in total. The zero-order valence-corrected chi connectivity index (χ0v) is 18.0. The second-order valence-electron chi connectivity index (χ2n) is 7.61. The number of nitrogens with two attached hydrogens (primary N) is 3. The highest BCUT2D eigenvalue weighted by atomic mass is 32.1. The molecule has 7 N–H and O–H groups in total. The number of nitrogen functional groups attached to an aromatic ring is 2. The van der Waals surface area contributed by atoms with Crippen molar-refractivity contribution in [1.29, 1.82) is 0 Å². The lowest BCUT2D eigenvalue weighted by molar-refractivity contribution is 0.102. The fourth-order valence-corrected chi connectivity index (χ4v) is 4.57. The second kappa shape index (κ2) is 8.52. The average Bonchev–Trinajstić information content (AvgIpc) is 3.21. The van der Waals surface area contributed by atoms with Gasteiger partial charge in [0, 0.05) is 37.4 Å². The summed E-state index contributed by atoms with van der Waals surface area (Å²) in [6.07, 6.45) is 4.40. The minimum atomic E-state index is -0.483. The molecule has 0 radical (unpaired) electrons. The van der Waals surface area contributed by atoms with Gasteiger partial charge in [-0.05, 0) is 37.5 Å². The van der Waals surface area contributed by atoms with Gasteiger partial charge in [-0.15, -0.1) is 0 Å². The largest absolute Gasteiger partial charge is 0.399 e. The minimum absolute atomic E-state index is 0.0366. The Bertz CT molecular complexity index is 1110. The van der Waals surface area contributed by atoms with Crippen molar-refractivity contribution < 1.29 is 9.18 Å². The SMILES string of the molecule is Cn1ncc(NC(=O)c2nc(-c3cc(N)ccc3F)sc2N)c1N1CCC[C@@H](N)CC1. The van der Waals surface area contributed by atoms with Gasteiger partial charge in [-0.2, -0.15) is 5.10 Å². The van der Waals surface area contributed by atoms with E-state index in [4.69, 9.17) is 17.2 Å². The molecule has 0 saturated carbocycles. The summed E-state index contributed by atoms with van der Waals surface area (Å²) in [5, 5.41) is 7.65. The van der Waals surface area contributed by atoms with Crippen molar-refractivity contribution in [2.45, 2.75) is 25.3 Å². The number of hydrogen-bond acceptors (Lipinski definition) is 8. The number of thiazole rings is 1. The molecule has 1 fully saturated rings. The van der Waals surface area contributed by atoms with Crippen molar-refractivity contribution in [3.05, 3.63) is 35.9 Å². The molecule has 4 rings (SSSR count). The summed E-state index contributed by atoms with van der Waals surface area (Å²) in [5.74, 6) is -0.160. The Morgan fingerprint density at radius 3 is 2.90 bits per heavy atom. The van der Waals surface area contributed by atoms with Crippen LogP contribution in [0.5, 0.6) is 0 Å². The first kappa shape index (κ1) is 21.1. The molecule has 1 aromatic carbocycles. The third-order valence-corrected chi connectivity index (χ3v) is 6.24. The fourth-order valence-electron chi connectivity index (χ4n) is 3.73. The van der Waals surface area contributed by atoms with Gasteiger partial charge in [-0.25, -0.2) is 9.37 Å². The number of rotatable bonds is 4. The molecule has 11 heteroatoms. The molecule has 3 aromatic rings. The Morgan fingerprint density at radius 2 is 2.10 bits per heavy atom. The number of aryl methyl sites for hydroxylation is 1. The van der Waals surface area contributed by atoms with Crippen LogP contribution in [0.2, 0.25) is 0 Å². The van der Waals surface area contributed by atoms with E-state index in [1.54, 1.807) is 10.9 Å². The quantitative estimate of drug-likeness (QED) is 0.453. The van der Waals surface area contributed by atoms with E-state index in [1.807, 2.05) is 7.05 Å². The summed E-state index contributed by atoms with van der Waals surface area (Å²) < 4.78 is 15.9. The van der Waals surface area contributed by atoms with Crippen LogP contribution in [0.25, 0.3) is 10.6 Å². The number of aromatic nitrogens is 3. The third kappa shape index (κ3) is 4.32. The lowest BCUT2D eigenvalue weighted by atomic mass is 10.1. The smallest absolute Gasteiger partial charge is 0.277 e. The molecule has 1 saturated heterocycles. The minimum Gasteiger partial charge on any atom is -0.399 e. The number of nitrogens with one attached hydrogen (secondary N) is 1. The molecule has 0 unspecified atom stereocenters. The van der Waals surface area contributed by atoms with Gasteiger partial charge in [0.15, 0.2) is 11.5 Å². The molecule has 0 aliphatic carbocycles. The predicted molar refractivity (Wildman–Crippen MR) is 122 cm³/mol. The van der Waals surface area contributed by atoms with E-state index < -0.39 is 11.7 Å². The summed E-state index contributed by atoms with van der Waals surface area (Å²) in [6.45, 7) is 1.61. The normalized spacial score (nSPS) is 16.9. The van der Waals surface area contributed by atoms with Gasteiger partial charge >= 0.3 is 0 Å². The van der Waals surface area contributed by atoms with Crippen molar-refractivity contribution in [1.82, 2.24) is 14.8 Å². The van der Waals surface area contributed by atoms with Crippen LogP contribution >= 0.6 is 11.3 Å². The van der Waals surface area contributed by atoms with Crippen molar-refractivity contribution in [2.75, 3.05) is 34.8 Å². The fraction of sp³-hybridized carbons (Fsp3) is 0.350. The van der Waals surface area contributed by atoms with Crippen LogP contribution in [0, 0.1) is 5.82 Å². The first-order valence-electron chi connectivity index (χ1n) is 9.99. The number of carbonyl (C=O) groups is 1. The van der Waals surface area contributed by atoms with E-state index >= 15 is 0 Å². The first-order valence-corrected chi connectivity index (χ1v) is 10.8. The van der Waals surface area contributed by atoms with E-state index in [0.29, 0.717) is 16.4 Å². The summed E-state index contributed by atoms with van der Waals surface area (Å²) in [7, 11) is 1.83. The maximum absolute atomic E-state index is 14.2. The number of hydrogen-bond donors (Lipinski definition) is 4. The van der Waals surface area contributed by atoms with E-state index in [9.17, 15) is 9.18 Å². The van der Waals surface area contributed by atoms with Crippen molar-refractivity contribution >= 4 is 39.4 Å². The van der Waals surface area contributed by atoms with Crippen LogP contribution in [0.15, 0.2) is 24.4 Å². The standard InChI is InChI=1S/C20H25FN8OS/c1-28-20(29-7-2-3-11(22)6-8-29)15(10-25-28)26-18(30)16-17(24)31-19(27-16)13-9-12(23)4-5-14(13)21/h4-5,9-11H,2-3,6-8,22-24H2,1H3,(H,26,30)/t11-/m1/s1. The maximum Gasteiger partial charge on any atom is 0.277 e. The zero-order chi connectivity index (χ0) is 22.1. The van der Waals surface area contributed by atoms with Crippen molar-refractivity contribution in [2.24, 2.45) is 12.8 Å². The predicted octanol–water partition coefficient (Wildman–Crippen LogP) is 2.42. The van der Waals surface area contributed by atoms with Gasteiger partial charge in [0.1, 0.15) is 21.5 Å². The topological polar surface area (TPSA) is 141 Å². The first-order chi connectivity index (χ1) is 14.8. The third-order valence-electron chi connectivity index (χ3n) is 5.32. The van der Waals surface area contributed by atoms with E-state index in [1.165, 1.54) is 18.2 Å². The van der Waals surface area contributed by atoms with Crippen molar-refractivity contribution in [3.8, 4) is 10.6 Å².